The minimum absolute atomic E-state index is 0.248. The lowest BCUT2D eigenvalue weighted by atomic mass is 10.1. The zero-order valence-electron chi connectivity index (χ0n) is 7.50. The Bertz CT molecular complexity index is 325. The second-order valence-corrected chi connectivity index (χ2v) is 2.51. The van der Waals surface area contributed by atoms with Gasteiger partial charge in [0, 0.05) is 12.3 Å². The first kappa shape index (κ1) is 9.64. The summed E-state index contributed by atoms with van der Waals surface area (Å²) in [7, 11) is 1.26. The summed E-state index contributed by atoms with van der Waals surface area (Å²) >= 11 is 0. The zero-order chi connectivity index (χ0) is 9.84. The maximum Gasteiger partial charge on any atom is 0.338 e. The number of hydrogen-bond acceptors (Lipinski definition) is 3. The highest BCUT2D eigenvalue weighted by Crippen LogP contribution is 2.10. The standard InChI is InChI=1S/C9H10FNO2/c1-3-6-5-11-8(10)4-7(6)9(12)13-2/h4-5H,3H2,1-2H3. The lowest BCUT2D eigenvalue weighted by molar-refractivity contribution is 0.0598. The van der Waals surface area contributed by atoms with Crippen molar-refractivity contribution in [1.82, 2.24) is 4.98 Å². The summed E-state index contributed by atoms with van der Waals surface area (Å²) in [5.41, 5.74) is 0.936. The van der Waals surface area contributed by atoms with E-state index in [1.165, 1.54) is 13.3 Å². The van der Waals surface area contributed by atoms with Crippen molar-refractivity contribution in [2.75, 3.05) is 7.11 Å². The molecular formula is C9H10FNO2. The van der Waals surface area contributed by atoms with Crippen LogP contribution in [0.3, 0.4) is 0 Å². The van der Waals surface area contributed by atoms with E-state index in [9.17, 15) is 9.18 Å². The highest BCUT2D eigenvalue weighted by Gasteiger charge is 2.11. The second-order valence-electron chi connectivity index (χ2n) is 2.51. The summed E-state index contributed by atoms with van der Waals surface area (Å²) in [6, 6.07) is 1.09. The summed E-state index contributed by atoms with van der Waals surface area (Å²) in [6.07, 6.45) is 1.97. The summed E-state index contributed by atoms with van der Waals surface area (Å²) in [4.78, 5) is 14.6. The summed E-state index contributed by atoms with van der Waals surface area (Å²) in [5, 5.41) is 0. The van der Waals surface area contributed by atoms with Crippen molar-refractivity contribution in [3.63, 3.8) is 0 Å². The number of hydrogen-bond donors (Lipinski definition) is 0. The van der Waals surface area contributed by atoms with Crippen molar-refractivity contribution in [2.24, 2.45) is 0 Å². The number of ether oxygens (including phenoxy) is 1. The van der Waals surface area contributed by atoms with E-state index in [2.05, 4.69) is 9.72 Å². The Labute approximate surface area is 75.6 Å². The molecule has 0 aromatic carbocycles. The number of pyridine rings is 1. The molecule has 1 aromatic rings. The van der Waals surface area contributed by atoms with Crippen molar-refractivity contribution < 1.29 is 13.9 Å². The SMILES string of the molecule is CCc1cnc(F)cc1C(=O)OC. The maximum atomic E-state index is 12.7. The molecule has 0 unspecified atom stereocenters. The van der Waals surface area contributed by atoms with E-state index < -0.39 is 11.9 Å². The Morgan fingerprint density at radius 2 is 2.38 bits per heavy atom. The molecule has 0 amide bonds. The molecule has 0 spiro atoms. The molecule has 0 aliphatic heterocycles. The fraction of sp³-hybridized carbons (Fsp3) is 0.333. The van der Waals surface area contributed by atoms with Gasteiger partial charge in [0.1, 0.15) is 0 Å². The summed E-state index contributed by atoms with van der Waals surface area (Å²) < 4.78 is 17.2. The number of carbonyl (C=O) groups excluding carboxylic acids is 1. The molecule has 0 aliphatic carbocycles. The van der Waals surface area contributed by atoms with Crippen LogP contribution < -0.4 is 0 Å². The average molecular weight is 183 g/mol. The highest BCUT2D eigenvalue weighted by atomic mass is 19.1. The number of aryl methyl sites for hydroxylation is 1. The molecule has 1 rings (SSSR count). The van der Waals surface area contributed by atoms with Gasteiger partial charge in [-0.25, -0.2) is 9.78 Å². The fourth-order valence-corrected chi connectivity index (χ4v) is 1.04. The van der Waals surface area contributed by atoms with E-state index in [0.29, 0.717) is 12.0 Å². The topological polar surface area (TPSA) is 39.2 Å². The molecule has 0 atom stereocenters. The van der Waals surface area contributed by atoms with Gasteiger partial charge in [-0.15, -0.1) is 0 Å². The number of methoxy groups -OCH3 is 1. The molecule has 3 nitrogen and oxygen atoms in total. The fourth-order valence-electron chi connectivity index (χ4n) is 1.04. The van der Waals surface area contributed by atoms with Crippen LogP contribution in [0.25, 0.3) is 0 Å². The van der Waals surface area contributed by atoms with Gasteiger partial charge in [0.05, 0.1) is 12.7 Å². The molecule has 1 aromatic heterocycles. The van der Waals surface area contributed by atoms with Gasteiger partial charge < -0.3 is 4.74 Å². The number of carbonyl (C=O) groups is 1. The minimum atomic E-state index is -0.669. The van der Waals surface area contributed by atoms with Crippen LogP contribution in [0.15, 0.2) is 12.3 Å². The van der Waals surface area contributed by atoms with Crippen molar-refractivity contribution in [3.8, 4) is 0 Å². The summed E-state index contributed by atoms with van der Waals surface area (Å²) in [6.45, 7) is 1.86. The van der Waals surface area contributed by atoms with Crippen LogP contribution in [0.2, 0.25) is 0 Å². The highest BCUT2D eigenvalue weighted by molar-refractivity contribution is 5.90. The quantitative estimate of drug-likeness (QED) is 0.516. The third kappa shape index (κ3) is 2.02. The van der Waals surface area contributed by atoms with E-state index in [1.54, 1.807) is 0 Å². The Morgan fingerprint density at radius 3 is 2.92 bits per heavy atom. The molecule has 1 heterocycles. The first-order valence-electron chi connectivity index (χ1n) is 3.91. The van der Waals surface area contributed by atoms with Gasteiger partial charge in [-0.2, -0.15) is 4.39 Å². The van der Waals surface area contributed by atoms with Crippen LogP contribution in [0.1, 0.15) is 22.8 Å². The van der Waals surface area contributed by atoms with Gasteiger partial charge in [0.15, 0.2) is 0 Å². The van der Waals surface area contributed by atoms with Crippen LogP contribution in [0.5, 0.6) is 0 Å². The molecule has 13 heavy (non-hydrogen) atoms. The van der Waals surface area contributed by atoms with E-state index in [4.69, 9.17) is 0 Å². The molecule has 0 bridgehead atoms. The third-order valence-corrected chi connectivity index (χ3v) is 1.74. The van der Waals surface area contributed by atoms with Gasteiger partial charge >= 0.3 is 5.97 Å². The number of aromatic nitrogens is 1. The first-order valence-corrected chi connectivity index (χ1v) is 3.91. The van der Waals surface area contributed by atoms with Crippen molar-refractivity contribution in [2.45, 2.75) is 13.3 Å². The van der Waals surface area contributed by atoms with Crippen molar-refractivity contribution in [1.29, 1.82) is 0 Å². The largest absolute Gasteiger partial charge is 0.465 e. The molecule has 0 aliphatic rings. The molecule has 0 saturated carbocycles. The summed E-state index contributed by atoms with van der Waals surface area (Å²) in [5.74, 6) is -1.20. The van der Waals surface area contributed by atoms with Gasteiger partial charge in [-0.1, -0.05) is 6.92 Å². The number of rotatable bonds is 2. The van der Waals surface area contributed by atoms with E-state index >= 15 is 0 Å². The molecule has 0 N–H and O–H groups in total. The van der Waals surface area contributed by atoms with E-state index in [-0.39, 0.29) is 5.56 Å². The monoisotopic (exact) mass is 183 g/mol. The van der Waals surface area contributed by atoms with E-state index in [0.717, 1.165) is 6.07 Å². The minimum Gasteiger partial charge on any atom is -0.465 e. The van der Waals surface area contributed by atoms with Crippen LogP contribution >= 0.6 is 0 Å². The Hall–Kier alpha value is -1.45. The van der Waals surface area contributed by atoms with E-state index in [1.807, 2.05) is 6.92 Å². The number of halogens is 1. The van der Waals surface area contributed by atoms with Crippen LogP contribution in [-0.4, -0.2) is 18.1 Å². The maximum absolute atomic E-state index is 12.7. The molecule has 4 heteroatoms. The molecule has 0 radical (unpaired) electrons. The predicted molar refractivity (Wildman–Crippen MR) is 44.9 cm³/mol. The second kappa shape index (κ2) is 3.98. The number of nitrogens with zero attached hydrogens (tertiary/aromatic N) is 1. The Morgan fingerprint density at radius 1 is 1.69 bits per heavy atom. The molecule has 70 valence electrons. The smallest absolute Gasteiger partial charge is 0.338 e. The van der Waals surface area contributed by atoms with Gasteiger partial charge in [-0.05, 0) is 12.0 Å². The average Bonchev–Trinajstić information content (AvgIpc) is 2.16. The Balaban J connectivity index is 3.15. The Kier molecular flexibility index (Phi) is 2.95. The first-order chi connectivity index (χ1) is 6.19. The normalized spacial score (nSPS) is 9.77. The van der Waals surface area contributed by atoms with Crippen LogP contribution in [0, 0.1) is 5.95 Å². The van der Waals surface area contributed by atoms with Gasteiger partial charge in [0.2, 0.25) is 5.95 Å². The van der Waals surface area contributed by atoms with Gasteiger partial charge in [0.25, 0.3) is 0 Å². The lowest BCUT2D eigenvalue weighted by Gasteiger charge is -2.04. The molecule has 0 fully saturated rings. The predicted octanol–water partition coefficient (Wildman–Crippen LogP) is 1.57. The van der Waals surface area contributed by atoms with Gasteiger partial charge in [-0.3, -0.25) is 0 Å². The zero-order valence-corrected chi connectivity index (χ0v) is 7.50. The lowest BCUT2D eigenvalue weighted by Crippen LogP contribution is -2.06. The third-order valence-electron chi connectivity index (χ3n) is 1.74. The molecule has 0 saturated heterocycles. The van der Waals surface area contributed by atoms with Crippen LogP contribution in [-0.2, 0) is 11.2 Å². The number of esters is 1. The van der Waals surface area contributed by atoms with Crippen molar-refractivity contribution in [3.05, 3.63) is 29.3 Å². The molecular weight excluding hydrogens is 173 g/mol. The van der Waals surface area contributed by atoms with Crippen molar-refractivity contribution >= 4 is 5.97 Å². The van der Waals surface area contributed by atoms with Crippen LogP contribution in [0.4, 0.5) is 4.39 Å².